The first-order chi connectivity index (χ1) is 17.8. The molecule has 196 valence electrons. The van der Waals surface area contributed by atoms with Crippen LogP contribution in [0.15, 0.2) is 66.7 Å². The Morgan fingerprint density at radius 1 is 1.00 bits per heavy atom. The van der Waals surface area contributed by atoms with Crippen molar-refractivity contribution in [1.29, 1.82) is 0 Å². The standard InChI is InChI=1S/C30H33Cl2NO4/c1-5-26(18-36-17-21-10-9-19(2)27(15-21)35-4)33-28(22-11-13-24(31)14-12-22)29(37-20(3)30(33)34)23-7-6-8-25(32)16-23/h6-16,20,26,28-29H,5,17-18H2,1-4H3/t20-,26-,28+,29+/m0/s1. The van der Waals surface area contributed by atoms with Gasteiger partial charge in [0, 0.05) is 10.0 Å². The minimum atomic E-state index is -0.608. The van der Waals surface area contributed by atoms with E-state index >= 15 is 0 Å². The van der Waals surface area contributed by atoms with Crippen LogP contribution < -0.4 is 4.74 Å². The number of aryl methyl sites for hydroxylation is 1. The smallest absolute Gasteiger partial charge is 0.252 e. The number of methoxy groups -OCH3 is 1. The van der Waals surface area contributed by atoms with Crippen LogP contribution in [0.4, 0.5) is 0 Å². The van der Waals surface area contributed by atoms with Crippen molar-refractivity contribution in [2.75, 3.05) is 13.7 Å². The number of hydrogen-bond acceptors (Lipinski definition) is 4. The van der Waals surface area contributed by atoms with Gasteiger partial charge in [0.25, 0.3) is 5.91 Å². The molecule has 0 N–H and O–H groups in total. The van der Waals surface area contributed by atoms with Crippen molar-refractivity contribution < 1.29 is 19.0 Å². The third kappa shape index (κ3) is 6.29. The zero-order chi connectivity index (χ0) is 26.5. The van der Waals surface area contributed by atoms with Crippen LogP contribution in [0, 0.1) is 6.92 Å². The lowest BCUT2D eigenvalue weighted by Gasteiger charge is -2.47. The molecule has 0 aromatic heterocycles. The second-order valence-electron chi connectivity index (χ2n) is 9.38. The number of nitrogens with zero attached hydrogens (tertiary/aromatic N) is 1. The van der Waals surface area contributed by atoms with Gasteiger partial charge in [0.2, 0.25) is 0 Å². The third-order valence-corrected chi connectivity index (χ3v) is 7.33. The Balaban J connectivity index is 1.64. The van der Waals surface area contributed by atoms with E-state index in [-0.39, 0.29) is 18.0 Å². The number of ether oxygens (including phenoxy) is 3. The van der Waals surface area contributed by atoms with Gasteiger partial charge in [-0.1, -0.05) is 66.5 Å². The Morgan fingerprint density at radius 2 is 1.76 bits per heavy atom. The van der Waals surface area contributed by atoms with Gasteiger partial charge in [-0.2, -0.15) is 0 Å². The molecule has 7 heteroatoms. The molecule has 1 amide bonds. The number of rotatable bonds is 9. The van der Waals surface area contributed by atoms with Gasteiger partial charge in [-0.05, 0) is 72.9 Å². The Kier molecular flexibility index (Phi) is 9.14. The lowest BCUT2D eigenvalue weighted by Crippen LogP contribution is -2.55. The molecule has 0 saturated carbocycles. The zero-order valence-corrected chi connectivity index (χ0v) is 23.1. The SMILES string of the molecule is CC[C@@H](COCc1ccc(C)c(OC)c1)N1C(=O)[C@H](C)O[C@H](c2cccc(Cl)c2)[C@H]1c1ccc(Cl)cc1. The molecule has 0 bridgehead atoms. The molecule has 5 nitrogen and oxygen atoms in total. The van der Waals surface area contributed by atoms with Gasteiger partial charge in [0.05, 0.1) is 32.4 Å². The maximum atomic E-state index is 13.7. The minimum Gasteiger partial charge on any atom is -0.496 e. The number of amides is 1. The predicted molar refractivity (Wildman–Crippen MR) is 147 cm³/mol. The molecule has 4 atom stereocenters. The highest BCUT2D eigenvalue weighted by atomic mass is 35.5. The second kappa shape index (κ2) is 12.3. The summed E-state index contributed by atoms with van der Waals surface area (Å²) >= 11 is 12.5. The summed E-state index contributed by atoms with van der Waals surface area (Å²) < 4.78 is 18.0. The number of halogens is 2. The Labute approximate surface area is 229 Å². The summed E-state index contributed by atoms with van der Waals surface area (Å²) in [6.07, 6.45) is -0.284. The normalized spacial score (nSPS) is 20.6. The van der Waals surface area contributed by atoms with E-state index in [1.54, 1.807) is 14.0 Å². The third-order valence-electron chi connectivity index (χ3n) is 6.84. The number of carbonyl (C=O) groups excluding carboxylic acids is 1. The van der Waals surface area contributed by atoms with Crippen molar-refractivity contribution in [3.63, 3.8) is 0 Å². The second-order valence-corrected chi connectivity index (χ2v) is 10.2. The monoisotopic (exact) mass is 541 g/mol. The Morgan fingerprint density at radius 3 is 2.43 bits per heavy atom. The Hall–Kier alpha value is -2.57. The summed E-state index contributed by atoms with van der Waals surface area (Å²) in [4.78, 5) is 15.6. The molecule has 0 unspecified atom stereocenters. The Bertz CT molecular complexity index is 1220. The first-order valence-corrected chi connectivity index (χ1v) is 13.3. The van der Waals surface area contributed by atoms with E-state index in [1.165, 1.54) is 0 Å². The topological polar surface area (TPSA) is 48.0 Å². The zero-order valence-electron chi connectivity index (χ0n) is 21.6. The molecule has 1 aliphatic rings. The fraction of sp³-hybridized carbons (Fsp3) is 0.367. The van der Waals surface area contributed by atoms with Crippen LogP contribution in [0.3, 0.4) is 0 Å². The van der Waals surface area contributed by atoms with E-state index in [2.05, 4.69) is 6.92 Å². The van der Waals surface area contributed by atoms with Gasteiger partial charge in [-0.15, -0.1) is 0 Å². The van der Waals surface area contributed by atoms with Crippen LogP contribution in [0.1, 0.15) is 54.7 Å². The summed E-state index contributed by atoms with van der Waals surface area (Å²) in [6.45, 7) is 6.69. The fourth-order valence-corrected chi connectivity index (χ4v) is 5.18. The molecule has 1 aliphatic heterocycles. The molecule has 1 heterocycles. The van der Waals surface area contributed by atoms with Gasteiger partial charge in [-0.25, -0.2) is 0 Å². The minimum absolute atomic E-state index is 0.0642. The van der Waals surface area contributed by atoms with Crippen LogP contribution >= 0.6 is 23.2 Å². The number of morpholine rings is 1. The number of benzene rings is 3. The summed E-state index contributed by atoms with van der Waals surface area (Å²) in [5.74, 6) is 0.767. The predicted octanol–water partition coefficient (Wildman–Crippen LogP) is 7.34. The summed E-state index contributed by atoms with van der Waals surface area (Å²) in [6, 6.07) is 20.7. The molecule has 0 aliphatic carbocycles. The van der Waals surface area contributed by atoms with E-state index in [4.69, 9.17) is 37.4 Å². The molecule has 4 rings (SSSR count). The van der Waals surface area contributed by atoms with Gasteiger partial charge in [0.1, 0.15) is 18.0 Å². The summed E-state index contributed by atoms with van der Waals surface area (Å²) in [5.41, 5.74) is 3.95. The van der Waals surface area contributed by atoms with E-state index in [0.29, 0.717) is 23.3 Å². The average Bonchev–Trinajstić information content (AvgIpc) is 2.90. The molecule has 1 saturated heterocycles. The van der Waals surface area contributed by atoms with Crippen LogP contribution in [0.2, 0.25) is 10.0 Å². The largest absolute Gasteiger partial charge is 0.496 e. The molecular weight excluding hydrogens is 509 g/mol. The maximum Gasteiger partial charge on any atom is 0.252 e. The van der Waals surface area contributed by atoms with Crippen LogP contribution in [0.5, 0.6) is 5.75 Å². The molecule has 37 heavy (non-hydrogen) atoms. The lowest BCUT2D eigenvalue weighted by atomic mass is 9.90. The van der Waals surface area contributed by atoms with Crippen molar-refractivity contribution in [2.45, 2.75) is 58.1 Å². The molecular formula is C30H33Cl2NO4. The van der Waals surface area contributed by atoms with Crippen molar-refractivity contribution in [3.05, 3.63) is 99.0 Å². The van der Waals surface area contributed by atoms with Gasteiger partial charge in [-0.3, -0.25) is 4.79 Å². The van der Waals surface area contributed by atoms with E-state index in [1.807, 2.05) is 78.6 Å². The van der Waals surface area contributed by atoms with Crippen molar-refractivity contribution in [1.82, 2.24) is 4.90 Å². The molecule has 1 fully saturated rings. The van der Waals surface area contributed by atoms with E-state index < -0.39 is 12.2 Å². The first kappa shape index (κ1) is 27.5. The lowest BCUT2D eigenvalue weighted by molar-refractivity contribution is -0.179. The first-order valence-electron chi connectivity index (χ1n) is 12.5. The van der Waals surface area contributed by atoms with Crippen LogP contribution in [0.25, 0.3) is 0 Å². The maximum absolute atomic E-state index is 13.7. The number of hydrogen-bond donors (Lipinski definition) is 0. The number of carbonyl (C=O) groups is 1. The highest BCUT2D eigenvalue weighted by Crippen LogP contribution is 2.44. The highest BCUT2D eigenvalue weighted by Gasteiger charge is 2.45. The summed E-state index contributed by atoms with van der Waals surface area (Å²) in [7, 11) is 1.67. The quantitative estimate of drug-likeness (QED) is 0.284. The van der Waals surface area contributed by atoms with Gasteiger partial charge < -0.3 is 19.1 Å². The van der Waals surface area contributed by atoms with Crippen LogP contribution in [-0.2, 0) is 20.9 Å². The fourth-order valence-electron chi connectivity index (χ4n) is 4.85. The molecule has 3 aromatic carbocycles. The average molecular weight is 543 g/mol. The molecule has 0 spiro atoms. The molecule has 0 radical (unpaired) electrons. The van der Waals surface area contributed by atoms with Gasteiger partial charge >= 0.3 is 0 Å². The van der Waals surface area contributed by atoms with E-state index in [0.717, 1.165) is 34.4 Å². The van der Waals surface area contributed by atoms with Crippen molar-refractivity contribution in [3.8, 4) is 5.75 Å². The van der Waals surface area contributed by atoms with Crippen molar-refractivity contribution in [2.24, 2.45) is 0 Å². The van der Waals surface area contributed by atoms with Crippen molar-refractivity contribution >= 4 is 29.1 Å². The van der Waals surface area contributed by atoms with E-state index in [9.17, 15) is 4.79 Å². The van der Waals surface area contributed by atoms with Crippen LogP contribution in [-0.4, -0.2) is 36.7 Å². The summed E-state index contributed by atoms with van der Waals surface area (Å²) in [5, 5.41) is 1.26. The molecule has 3 aromatic rings. The highest BCUT2D eigenvalue weighted by molar-refractivity contribution is 6.30. The van der Waals surface area contributed by atoms with Gasteiger partial charge in [0.15, 0.2) is 0 Å².